The normalized spacial score (nSPS) is 14.1. The van der Waals surface area contributed by atoms with E-state index in [1.165, 1.54) is 12.3 Å². The second kappa shape index (κ2) is 7.49. The first-order chi connectivity index (χ1) is 12.7. The molecule has 0 unspecified atom stereocenters. The minimum absolute atomic E-state index is 0.0897. The van der Waals surface area contributed by atoms with E-state index < -0.39 is 11.8 Å². The third kappa shape index (κ3) is 3.26. The van der Waals surface area contributed by atoms with Crippen molar-refractivity contribution in [1.29, 1.82) is 5.26 Å². The summed E-state index contributed by atoms with van der Waals surface area (Å²) in [6.45, 7) is 2.38. The standard InChI is InChI=1S/C19H16N4O3/c1-2-9-21-18(24)14(11-20)16-12-6-3-4-7-13(12)17(22-16)23-19(25)15-8-5-10-26-15/h3-8,10H,2,9H2,1H3,(H,21,24)(H,22,23,25). The van der Waals surface area contributed by atoms with Crippen LogP contribution in [0.5, 0.6) is 0 Å². The number of furan rings is 1. The summed E-state index contributed by atoms with van der Waals surface area (Å²) in [5.41, 5.74) is 1.41. The largest absolute Gasteiger partial charge is 0.459 e. The molecule has 26 heavy (non-hydrogen) atoms. The number of nitrogens with zero attached hydrogens (tertiary/aromatic N) is 2. The topological polar surface area (TPSA) is 107 Å². The van der Waals surface area contributed by atoms with Gasteiger partial charge in [-0.05, 0) is 18.6 Å². The molecule has 2 N–H and O–H groups in total. The fraction of sp³-hybridized carbons (Fsp3) is 0.158. The van der Waals surface area contributed by atoms with Gasteiger partial charge < -0.3 is 15.1 Å². The van der Waals surface area contributed by atoms with Gasteiger partial charge in [-0.25, -0.2) is 4.99 Å². The van der Waals surface area contributed by atoms with E-state index in [1.807, 2.05) is 13.0 Å². The SMILES string of the molecule is CCCNC(=O)C(C#N)=C1N=C(NC(=O)c2ccco2)c2ccccc21. The van der Waals surface area contributed by atoms with Crippen molar-refractivity contribution < 1.29 is 14.0 Å². The van der Waals surface area contributed by atoms with E-state index in [-0.39, 0.29) is 22.9 Å². The van der Waals surface area contributed by atoms with Gasteiger partial charge in [0.15, 0.2) is 5.76 Å². The summed E-state index contributed by atoms with van der Waals surface area (Å²) in [7, 11) is 0. The van der Waals surface area contributed by atoms with Gasteiger partial charge in [-0.15, -0.1) is 0 Å². The molecule has 7 heteroatoms. The highest BCUT2D eigenvalue weighted by Gasteiger charge is 2.27. The lowest BCUT2D eigenvalue weighted by Gasteiger charge is -2.05. The van der Waals surface area contributed by atoms with Gasteiger partial charge in [0.05, 0.1) is 12.0 Å². The third-order valence-electron chi connectivity index (χ3n) is 3.75. The van der Waals surface area contributed by atoms with E-state index in [1.54, 1.807) is 30.3 Å². The number of benzene rings is 1. The molecule has 2 amide bonds. The number of aliphatic imine (C=N–C) groups is 1. The number of fused-ring (bicyclic) bond motifs is 1. The van der Waals surface area contributed by atoms with Gasteiger partial charge in [0, 0.05) is 17.7 Å². The van der Waals surface area contributed by atoms with Crippen LogP contribution in [0.3, 0.4) is 0 Å². The number of carbonyl (C=O) groups is 2. The summed E-state index contributed by atoms with van der Waals surface area (Å²) in [6.07, 6.45) is 2.15. The van der Waals surface area contributed by atoms with Crippen LogP contribution in [0.2, 0.25) is 0 Å². The lowest BCUT2D eigenvalue weighted by atomic mass is 10.0. The molecule has 0 saturated heterocycles. The van der Waals surface area contributed by atoms with Crippen molar-refractivity contribution in [3.8, 4) is 6.07 Å². The van der Waals surface area contributed by atoms with Gasteiger partial charge in [0.1, 0.15) is 17.5 Å². The molecule has 1 aromatic heterocycles. The van der Waals surface area contributed by atoms with E-state index in [4.69, 9.17) is 4.42 Å². The van der Waals surface area contributed by atoms with Gasteiger partial charge >= 0.3 is 0 Å². The summed E-state index contributed by atoms with van der Waals surface area (Å²) in [5.74, 6) is -0.530. The number of amidine groups is 1. The van der Waals surface area contributed by atoms with E-state index >= 15 is 0 Å². The molecule has 7 nitrogen and oxygen atoms in total. The Labute approximate surface area is 150 Å². The van der Waals surface area contributed by atoms with Crippen LogP contribution in [-0.4, -0.2) is 24.2 Å². The molecule has 1 aliphatic heterocycles. The smallest absolute Gasteiger partial charge is 0.292 e. The first kappa shape index (κ1) is 17.2. The first-order valence-electron chi connectivity index (χ1n) is 8.11. The zero-order valence-electron chi connectivity index (χ0n) is 14.1. The Balaban J connectivity index is 2.00. The molecule has 3 rings (SSSR count). The summed E-state index contributed by atoms with van der Waals surface area (Å²) in [4.78, 5) is 28.9. The summed E-state index contributed by atoms with van der Waals surface area (Å²) in [5, 5.41) is 14.8. The number of hydrogen-bond acceptors (Lipinski definition) is 5. The Kier molecular flexibility index (Phi) is 4.94. The van der Waals surface area contributed by atoms with Crippen LogP contribution in [0.15, 0.2) is 57.6 Å². The Hall–Kier alpha value is -3.66. The lowest BCUT2D eigenvalue weighted by molar-refractivity contribution is -0.117. The van der Waals surface area contributed by atoms with Crippen LogP contribution < -0.4 is 10.6 Å². The van der Waals surface area contributed by atoms with Gasteiger partial charge in [0.25, 0.3) is 11.8 Å². The van der Waals surface area contributed by atoms with Gasteiger partial charge in [-0.2, -0.15) is 5.26 Å². The average Bonchev–Trinajstić information content (AvgIpc) is 3.30. The predicted molar refractivity (Wildman–Crippen MR) is 95.0 cm³/mol. The van der Waals surface area contributed by atoms with E-state index in [0.29, 0.717) is 17.7 Å². The number of carbonyl (C=O) groups excluding carboxylic acids is 2. The number of hydrogen-bond donors (Lipinski definition) is 2. The first-order valence-corrected chi connectivity index (χ1v) is 8.11. The van der Waals surface area contributed by atoms with Crippen LogP contribution in [0.1, 0.15) is 35.0 Å². The van der Waals surface area contributed by atoms with Gasteiger partial charge in [-0.1, -0.05) is 31.2 Å². The Morgan fingerprint density at radius 3 is 2.62 bits per heavy atom. The average molecular weight is 348 g/mol. The van der Waals surface area contributed by atoms with E-state index in [2.05, 4.69) is 15.6 Å². The number of nitriles is 1. The van der Waals surface area contributed by atoms with Crippen LogP contribution in [-0.2, 0) is 4.79 Å². The maximum Gasteiger partial charge on any atom is 0.292 e. The fourth-order valence-corrected chi connectivity index (χ4v) is 2.53. The van der Waals surface area contributed by atoms with Crippen LogP contribution in [0, 0.1) is 11.3 Å². The summed E-state index contributed by atoms with van der Waals surface area (Å²) in [6, 6.07) is 12.2. The predicted octanol–water partition coefficient (Wildman–Crippen LogP) is 2.23. The summed E-state index contributed by atoms with van der Waals surface area (Å²) < 4.78 is 5.08. The van der Waals surface area contributed by atoms with Crippen molar-refractivity contribution in [2.75, 3.05) is 6.54 Å². The molecule has 0 fully saturated rings. The van der Waals surface area contributed by atoms with E-state index in [9.17, 15) is 14.9 Å². The molecule has 1 aliphatic rings. The number of amides is 2. The van der Waals surface area contributed by atoms with Crippen molar-refractivity contribution in [3.63, 3.8) is 0 Å². The van der Waals surface area contributed by atoms with E-state index in [0.717, 1.165) is 6.42 Å². The Morgan fingerprint density at radius 2 is 1.96 bits per heavy atom. The van der Waals surface area contributed by atoms with Gasteiger partial charge in [0.2, 0.25) is 0 Å². The zero-order chi connectivity index (χ0) is 18.5. The zero-order valence-corrected chi connectivity index (χ0v) is 14.1. The van der Waals surface area contributed by atoms with Crippen LogP contribution in [0.25, 0.3) is 5.70 Å². The molecule has 0 radical (unpaired) electrons. The number of nitrogens with one attached hydrogen (secondary N) is 2. The van der Waals surface area contributed by atoms with Crippen molar-refractivity contribution in [2.45, 2.75) is 13.3 Å². The molecule has 0 aliphatic carbocycles. The quantitative estimate of drug-likeness (QED) is 0.652. The van der Waals surface area contributed by atoms with Crippen molar-refractivity contribution >= 4 is 23.3 Å². The lowest BCUT2D eigenvalue weighted by Crippen LogP contribution is -2.30. The highest BCUT2D eigenvalue weighted by atomic mass is 16.3. The minimum atomic E-state index is -0.485. The second-order valence-electron chi connectivity index (χ2n) is 5.53. The number of rotatable bonds is 4. The van der Waals surface area contributed by atoms with Crippen molar-refractivity contribution in [2.24, 2.45) is 4.99 Å². The molecule has 0 saturated carbocycles. The molecule has 1 aromatic carbocycles. The molecule has 0 spiro atoms. The monoisotopic (exact) mass is 348 g/mol. The van der Waals surface area contributed by atoms with Crippen molar-refractivity contribution in [1.82, 2.24) is 10.6 Å². The van der Waals surface area contributed by atoms with Crippen LogP contribution >= 0.6 is 0 Å². The highest BCUT2D eigenvalue weighted by molar-refractivity contribution is 6.20. The molecular formula is C19H16N4O3. The minimum Gasteiger partial charge on any atom is -0.459 e. The molecule has 2 heterocycles. The molecule has 0 atom stereocenters. The fourth-order valence-electron chi connectivity index (χ4n) is 2.53. The maximum absolute atomic E-state index is 12.3. The highest BCUT2D eigenvalue weighted by Crippen LogP contribution is 2.30. The van der Waals surface area contributed by atoms with Crippen LogP contribution in [0.4, 0.5) is 0 Å². The molecule has 2 aromatic rings. The van der Waals surface area contributed by atoms with Crippen molar-refractivity contribution in [3.05, 3.63) is 65.1 Å². The second-order valence-corrected chi connectivity index (χ2v) is 5.53. The van der Waals surface area contributed by atoms with Gasteiger partial charge in [-0.3, -0.25) is 9.59 Å². The molecule has 0 bridgehead atoms. The maximum atomic E-state index is 12.3. The summed E-state index contributed by atoms with van der Waals surface area (Å²) >= 11 is 0. The molecular weight excluding hydrogens is 332 g/mol. The molecule has 130 valence electrons. The Morgan fingerprint density at radius 1 is 1.19 bits per heavy atom. The Bertz CT molecular complexity index is 949. The third-order valence-corrected chi connectivity index (χ3v) is 3.75.